The number of Topliss-reactive ketones (excluding diaryl/α,β-unsaturated/α-hetero) is 1. The van der Waals surface area contributed by atoms with Gasteiger partial charge >= 0.3 is 0 Å². The summed E-state index contributed by atoms with van der Waals surface area (Å²) in [5.74, 6) is -0.226. The van der Waals surface area contributed by atoms with Gasteiger partial charge in [0, 0.05) is 6.54 Å². The molecule has 1 aliphatic heterocycles. The molecule has 2 fully saturated rings. The van der Waals surface area contributed by atoms with Gasteiger partial charge in [-0.2, -0.15) is 0 Å². The number of nitrogens with one attached hydrogen (secondary N) is 1. The molecular weight excluding hydrogens is 364 g/mol. The highest BCUT2D eigenvalue weighted by Crippen LogP contribution is 2.49. The van der Waals surface area contributed by atoms with Crippen molar-refractivity contribution >= 4 is 11.7 Å². The van der Waals surface area contributed by atoms with Crippen molar-refractivity contribution in [1.82, 2.24) is 10.2 Å². The van der Waals surface area contributed by atoms with Crippen LogP contribution in [0.1, 0.15) is 60.1 Å². The predicted octanol–water partition coefficient (Wildman–Crippen LogP) is 3.58. The molecule has 1 heterocycles. The van der Waals surface area contributed by atoms with Gasteiger partial charge in [0.1, 0.15) is 5.75 Å². The molecule has 2 aromatic rings. The highest BCUT2D eigenvalue weighted by atomic mass is 16.3. The van der Waals surface area contributed by atoms with E-state index in [2.05, 4.69) is 22.3 Å². The smallest absolute Gasteiger partial charge is 0.231 e. The Morgan fingerprint density at radius 3 is 2.41 bits per heavy atom. The van der Waals surface area contributed by atoms with Crippen LogP contribution >= 0.6 is 0 Å². The van der Waals surface area contributed by atoms with Crippen LogP contribution in [0.15, 0.2) is 48.5 Å². The lowest BCUT2D eigenvalue weighted by molar-refractivity contribution is -0.124. The minimum Gasteiger partial charge on any atom is -0.507 e. The Hall–Kier alpha value is -2.66. The lowest BCUT2D eigenvalue weighted by Crippen LogP contribution is -2.42. The number of carbonyl (C=O) groups excluding carboxylic acids is 2. The molecule has 152 valence electrons. The maximum absolute atomic E-state index is 13.4. The number of nitrogens with zero attached hydrogens (tertiary/aromatic N) is 1. The van der Waals surface area contributed by atoms with Gasteiger partial charge in [-0.15, -0.1) is 0 Å². The number of hydrogen-bond donors (Lipinski definition) is 2. The van der Waals surface area contributed by atoms with Crippen LogP contribution in [0.2, 0.25) is 0 Å². The number of likely N-dealkylation sites (tertiary alicyclic amines) is 1. The van der Waals surface area contributed by atoms with Gasteiger partial charge in [0.25, 0.3) is 0 Å². The van der Waals surface area contributed by atoms with Crippen molar-refractivity contribution in [2.24, 2.45) is 0 Å². The Labute approximate surface area is 171 Å². The largest absolute Gasteiger partial charge is 0.507 e. The molecule has 1 amide bonds. The van der Waals surface area contributed by atoms with Crippen LogP contribution in [0.25, 0.3) is 0 Å². The van der Waals surface area contributed by atoms with E-state index in [1.165, 1.54) is 25.8 Å². The Bertz CT molecular complexity index is 900. The van der Waals surface area contributed by atoms with Crippen molar-refractivity contribution in [2.45, 2.75) is 44.1 Å². The molecule has 1 aliphatic carbocycles. The maximum Gasteiger partial charge on any atom is 0.231 e. The van der Waals surface area contributed by atoms with E-state index in [0.717, 1.165) is 43.6 Å². The third kappa shape index (κ3) is 4.06. The summed E-state index contributed by atoms with van der Waals surface area (Å²) in [5.41, 5.74) is 1.60. The molecule has 0 unspecified atom stereocenters. The quantitative estimate of drug-likeness (QED) is 0.707. The van der Waals surface area contributed by atoms with E-state index in [4.69, 9.17) is 0 Å². The molecule has 29 heavy (non-hydrogen) atoms. The van der Waals surface area contributed by atoms with Crippen molar-refractivity contribution in [3.63, 3.8) is 0 Å². The number of phenols is 1. The summed E-state index contributed by atoms with van der Waals surface area (Å²) in [6, 6.07) is 15.0. The average Bonchev–Trinajstić information content (AvgIpc) is 3.38. The topological polar surface area (TPSA) is 69.6 Å². The van der Waals surface area contributed by atoms with Gasteiger partial charge in [0.2, 0.25) is 5.91 Å². The summed E-state index contributed by atoms with van der Waals surface area (Å²) >= 11 is 0. The number of ketones is 1. The lowest BCUT2D eigenvalue weighted by Gasteiger charge is -2.27. The van der Waals surface area contributed by atoms with Crippen LogP contribution in [0, 0.1) is 0 Å². The van der Waals surface area contributed by atoms with E-state index in [-0.39, 0.29) is 29.0 Å². The van der Waals surface area contributed by atoms with Gasteiger partial charge in [-0.25, -0.2) is 0 Å². The SMILES string of the molecule is CC(=O)c1cc(C2(C(=O)N[C@H](CN3CCCC3)c3ccccc3)CC2)ccc1O. The third-order valence-electron chi connectivity index (χ3n) is 6.26. The first-order valence-corrected chi connectivity index (χ1v) is 10.4. The molecule has 2 aliphatic rings. The minimum absolute atomic E-state index is 0.00532. The van der Waals surface area contributed by atoms with Crippen molar-refractivity contribution in [2.75, 3.05) is 19.6 Å². The molecule has 5 nitrogen and oxygen atoms in total. The van der Waals surface area contributed by atoms with E-state index < -0.39 is 5.41 Å². The first-order valence-electron chi connectivity index (χ1n) is 10.4. The molecule has 1 atom stereocenters. The number of hydrogen-bond acceptors (Lipinski definition) is 4. The fraction of sp³-hybridized carbons (Fsp3) is 0.417. The zero-order valence-electron chi connectivity index (χ0n) is 16.9. The number of amides is 1. The van der Waals surface area contributed by atoms with Crippen molar-refractivity contribution in [3.05, 3.63) is 65.2 Å². The van der Waals surface area contributed by atoms with E-state index >= 15 is 0 Å². The first kappa shape index (κ1) is 19.6. The molecule has 1 saturated carbocycles. The van der Waals surface area contributed by atoms with Crippen molar-refractivity contribution in [3.8, 4) is 5.75 Å². The standard InChI is InChI=1S/C24H28N2O3/c1-17(27)20-15-19(9-10-22(20)28)24(11-12-24)23(29)25-21(16-26-13-5-6-14-26)18-7-3-2-4-8-18/h2-4,7-10,15,21,28H,5-6,11-14,16H2,1H3,(H,25,29)/t21-/m1/s1. The Kier molecular flexibility index (Phi) is 5.41. The van der Waals surface area contributed by atoms with Gasteiger partial charge in [-0.1, -0.05) is 36.4 Å². The summed E-state index contributed by atoms with van der Waals surface area (Å²) in [7, 11) is 0. The molecule has 2 N–H and O–H groups in total. The van der Waals surface area contributed by atoms with Crippen molar-refractivity contribution in [1.29, 1.82) is 0 Å². The fourth-order valence-corrected chi connectivity index (χ4v) is 4.33. The average molecular weight is 392 g/mol. The minimum atomic E-state index is -0.601. The number of carbonyl (C=O) groups is 2. The highest BCUT2D eigenvalue weighted by molar-refractivity contribution is 5.98. The van der Waals surface area contributed by atoms with Crippen LogP contribution < -0.4 is 5.32 Å². The molecule has 1 saturated heterocycles. The summed E-state index contributed by atoms with van der Waals surface area (Å²) in [4.78, 5) is 27.6. The van der Waals surface area contributed by atoms with E-state index in [1.54, 1.807) is 12.1 Å². The molecular formula is C24H28N2O3. The number of benzene rings is 2. The van der Waals surface area contributed by atoms with Gasteiger partial charge in [0.15, 0.2) is 5.78 Å². The van der Waals surface area contributed by atoms with Crippen LogP contribution in [-0.2, 0) is 10.2 Å². The summed E-state index contributed by atoms with van der Waals surface area (Å²) in [6.45, 7) is 4.38. The first-order chi connectivity index (χ1) is 14.0. The maximum atomic E-state index is 13.4. The number of phenolic OH excluding ortho intramolecular Hbond substituents is 1. The predicted molar refractivity (Wildman–Crippen MR) is 112 cm³/mol. The van der Waals surface area contributed by atoms with Crippen LogP contribution in [0.3, 0.4) is 0 Å². The van der Waals surface area contributed by atoms with Gasteiger partial charge in [0.05, 0.1) is 17.0 Å². The summed E-state index contributed by atoms with van der Waals surface area (Å²) < 4.78 is 0. The molecule has 0 bridgehead atoms. The zero-order valence-corrected chi connectivity index (χ0v) is 16.9. The van der Waals surface area contributed by atoms with Crippen LogP contribution in [0.5, 0.6) is 5.75 Å². The molecule has 0 spiro atoms. The second-order valence-corrected chi connectivity index (χ2v) is 8.31. The molecule has 0 aromatic heterocycles. The monoisotopic (exact) mass is 392 g/mol. The van der Waals surface area contributed by atoms with Crippen LogP contribution in [-0.4, -0.2) is 41.3 Å². The summed E-state index contributed by atoms with van der Waals surface area (Å²) in [5, 5.41) is 13.3. The molecule has 0 radical (unpaired) electrons. The third-order valence-corrected chi connectivity index (χ3v) is 6.26. The molecule has 2 aromatic carbocycles. The number of rotatable bonds is 7. The zero-order chi connectivity index (χ0) is 20.4. The summed E-state index contributed by atoms with van der Waals surface area (Å²) in [6.07, 6.45) is 3.93. The highest BCUT2D eigenvalue weighted by Gasteiger charge is 2.52. The van der Waals surface area contributed by atoms with Gasteiger partial charge in [-0.3, -0.25) is 9.59 Å². The molecule has 4 rings (SSSR count). The van der Waals surface area contributed by atoms with E-state index in [9.17, 15) is 14.7 Å². The molecule has 5 heteroatoms. The van der Waals surface area contributed by atoms with Crippen LogP contribution in [0.4, 0.5) is 0 Å². The van der Waals surface area contributed by atoms with Gasteiger partial charge in [-0.05, 0) is 69.0 Å². The lowest BCUT2D eigenvalue weighted by atomic mass is 9.91. The van der Waals surface area contributed by atoms with Crippen molar-refractivity contribution < 1.29 is 14.7 Å². The second-order valence-electron chi connectivity index (χ2n) is 8.31. The van der Waals surface area contributed by atoms with Gasteiger partial charge < -0.3 is 15.3 Å². The Morgan fingerprint density at radius 1 is 1.10 bits per heavy atom. The number of aromatic hydroxyl groups is 1. The fourth-order valence-electron chi connectivity index (χ4n) is 4.33. The Balaban J connectivity index is 1.57. The Morgan fingerprint density at radius 2 is 1.79 bits per heavy atom. The van der Waals surface area contributed by atoms with E-state index in [0.29, 0.717) is 0 Å². The normalized spacial score (nSPS) is 18.9. The van der Waals surface area contributed by atoms with E-state index in [1.807, 2.05) is 18.2 Å². The second kappa shape index (κ2) is 7.99.